The number of amides is 1. The summed E-state index contributed by atoms with van der Waals surface area (Å²) in [5.41, 5.74) is 0. The number of carbonyl (C=O) groups excluding carboxylic acids is 1. The Balaban J connectivity index is 1.83. The van der Waals surface area contributed by atoms with Crippen molar-refractivity contribution in [3.05, 3.63) is 29.3 Å². The maximum absolute atomic E-state index is 12.5. The number of alkyl halides is 2. The standard InChI is InChI=1S/C14H16ClF2NO4S/c15-10-1-3-11(4-2-10)22-9-13(19)18-7-5-12(6-8-18)23(20,21)14(16)17/h1-4,12,14H,5-9H2. The van der Waals surface area contributed by atoms with Crippen molar-refractivity contribution < 1.29 is 26.7 Å². The van der Waals surface area contributed by atoms with E-state index in [4.69, 9.17) is 16.3 Å². The van der Waals surface area contributed by atoms with Crippen LogP contribution < -0.4 is 4.74 Å². The number of rotatable bonds is 5. The predicted molar refractivity (Wildman–Crippen MR) is 81.5 cm³/mol. The number of likely N-dealkylation sites (tertiary alicyclic amines) is 1. The minimum atomic E-state index is -4.42. The van der Waals surface area contributed by atoms with E-state index in [0.29, 0.717) is 10.8 Å². The highest BCUT2D eigenvalue weighted by molar-refractivity contribution is 7.92. The molecule has 0 spiro atoms. The van der Waals surface area contributed by atoms with Gasteiger partial charge >= 0.3 is 5.76 Å². The van der Waals surface area contributed by atoms with Gasteiger partial charge in [0.25, 0.3) is 5.91 Å². The summed E-state index contributed by atoms with van der Waals surface area (Å²) >= 11 is 5.74. The van der Waals surface area contributed by atoms with E-state index in [1.165, 1.54) is 4.90 Å². The summed E-state index contributed by atoms with van der Waals surface area (Å²) in [5.74, 6) is -3.20. The third-order valence-electron chi connectivity index (χ3n) is 3.68. The second-order valence-electron chi connectivity index (χ2n) is 5.17. The SMILES string of the molecule is O=C(COc1ccc(Cl)cc1)N1CCC(S(=O)(=O)C(F)F)CC1. The van der Waals surface area contributed by atoms with Gasteiger partial charge in [-0.15, -0.1) is 0 Å². The number of carbonyl (C=O) groups is 1. The van der Waals surface area contributed by atoms with Crippen LogP contribution in [0.3, 0.4) is 0 Å². The fourth-order valence-electron chi connectivity index (χ4n) is 2.35. The predicted octanol–water partition coefficient (Wildman–Crippen LogP) is 2.35. The number of halogens is 3. The van der Waals surface area contributed by atoms with Crippen molar-refractivity contribution in [3.63, 3.8) is 0 Å². The molecule has 1 aliphatic heterocycles. The van der Waals surface area contributed by atoms with Crippen molar-refractivity contribution in [3.8, 4) is 5.75 Å². The van der Waals surface area contributed by atoms with Gasteiger partial charge in [-0.05, 0) is 37.1 Å². The lowest BCUT2D eigenvalue weighted by Gasteiger charge is -2.31. The molecule has 23 heavy (non-hydrogen) atoms. The topological polar surface area (TPSA) is 63.7 Å². The number of piperidine rings is 1. The van der Waals surface area contributed by atoms with Crippen LogP contribution in [0.15, 0.2) is 24.3 Å². The Hall–Kier alpha value is -1.41. The number of benzene rings is 1. The Bertz CT molecular complexity index is 643. The fourth-order valence-corrected chi connectivity index (χ4v) is 3.63. The molecule has 0 saturated carbocycles. The molecule has 0 N–H and O–H groups in total. The molecular formula is C14H16ClF2NO4S. The highest BCUT2D eigenvalue weighted by atomic mass is 35.5. The van der Waals surface area contributed by atoms with Gasteiger partial charge in [-0.3, -0.25) is 4.79 Å². The highest BCUT2D eigenvalue weighted by Crippen LogP contribution is 2.23. The Morgan fingerprint density at radius 3 is 2.35 bits per heavy atom. The van der Waals surface area contributed by atoms with Gasteiger partial charge in [0, 0.05) is 18.1 Å². The Kier molecular flexibility index (Phi) is 5.80. The van der Waals surface area contributed by atoms with Crippen molar-refractivity contribution in [1.82, 2.24) is 4.90 Å². The van der Waals surface area contributed by atoms with Gasteiger partial charge in [-0.1, -0.05) is 11.6 Å². The van der Waals surface area contributed by atoms with E-state index < -0.39 is 20.8 Å². The zero-order valence-electron chi connectivity index (χ0n) is 12.1. The highest BCUT2D eigenvalue weighted by Gasteiger charge is 2.37. The fraction of sp³-hybridized carbons (Fsp3) is 0.500. The Morgan fingerprint density at radius 2 is 1.83 bits per heavy atom. The van der Waals surface area contributed by atoms with E-state index >= 15 is 0 Å². The smallest absolute Gasteiger partial charge is 0.337 e. The number of hydrogen-bond donors (Lipinski definition) is 0. The molecule has 0 radical (unpaired) electrons. The maximum atomic E-state index is 12.5. The molecule has 1 amide bonds. The molecule has 0 aliphatic carbocycles. The molecule has 0 bridgehead atoms. The first-order valence-corrected chi connectivity index (χ1v) is 8.96. The molecule has 9 heteroatoms. The molecule has 1 saturated heterocycles. The van der Waals surface area contributed by atoms with E-state index in [9.17, 15) is 22.0 Å². The monoisotopic (exact) mass is 367 g/mol. The minimum absolute atomic E-state index is 0.0133. The summed E-state index contributed by atoms with van der Waals surface area (Å²) in [7, 11) is -4.42. The summed E-state index contributed by atoms with van der Waals surface area (Å²) in [6, 6.07) is 6.50. The van der Waals surface area contributed by atoms with Crippen molar-refractivity contribution in [2.75, 3.05) is 19.7 Å². The lowest BCUT2D eigenvalue weighted by molar-refractivity contribution is -0.134. The molecular weight excluding hydrogens is 352 g/mol. The zero-order valence-corrected chi connectivity index (χ0v) is 13.7. The molecule has 1 fully saturated rings. The summed E-state index contributed by atoms with van der Waals surface area (Å²) < 4.78 is 53.1. The summed E-state index contributed by atoms with van der Waals surface area (Å²) in [6.07, 6.45) is 0.0265. The largest absolute Gasteiger partial charge is 0.484 e. The van der Waals surface area contributed by atoms with Crippen molar-refractivity contribution in [1.29, 1.82) is 0 Å². The first-order valence-electron chi connectivity index (χ1n) is 6.97. The van der Waals surface area contributed by atoms with E-state index in [2.05, 4.69) is 0 Å². The number of sulfone groups is 1. The van der Waals surface area contributed by atoms with Crippen LogP contribution in [0.2, 0.25) is 5.02 Å². The van der Waals surface area contributed by atoms with Gasteiger partial charge in [-0.25, -0.2) is 8.42 Å². The summed E-state index contributed by atoms with van der Waals surface area (Å²) in [5, 5.41) is -0.547. The molecule has 1 aromatic carbocycles. The molecule has 2 rings (SSSR count). The van der Waals surface area contributed by atoms with Crippen molar-refractivity contribution >= 4 is 27.3 Å². The van der Waals surface area contributed by atoms with Crippen LogP contribution in [0.25, 0.3) is 0 Å². The molecule has 0 aromatic heterocycles. The second kappa shape index (κ2) is 7.44. The van der Waals surface area contributed by atoms with Crippen molar-refractivity contribution in [2.45, 2.75) is 23.8 Å². The van der Waals surface area contributed by atoms with Crippen LogP contribution in [-0.2, 0) is 14.6 Å². The number of ether oxygens (including phenoxy) is 1. The van der Waals surface area contributed by atoms with Crippen LogP contribution in [0, 0.1) is 0 Å². The molecule has 128 valence electrons. The van der Waals surface area contributed by atoms with Crippen LogP contribution >= 0.6 is 11.6 Å². The third-order valence-corrected chi connectivity index (χ3v) is 5.83. The Morgan fingerprint density at radius 1 is 1.26 bits per heavy atom. The van der Waals surface area contributed by atoms with Crippen LogP contribution in [-0.4, -0.2) is 49.9 Å². The average Bonchev–Trinajstić information content (AvgIpc) is 2.54. The van der Waals surface area contributed by atoms with E-state index in [0.717, 1.165) is 0 Å². The molecule has 1 heterocycles. The van der Waals surface area contributed by atoms with Gasteiger partial charge in [0.15, 0.2) is 6.61 Å². The zero-order chi connectivity index (χ0) is 17.0. The van der Waals surface area contributed by atoms with Crippen LogP contribution in [0.4, 0.5) is 8.78 Å². The van der Waals surface area contributed by atoms with Crippen molar-refractivity contribution in [2.24, 2.45) is 0 Å². The minimum Gasteiger partial charge on any atom is -0.484 e. The first kappa shape index (κ1) is 17.9. The molecule has 1 aromatic rings. The van der Waals surface area contributed by atoms with Gasteiger partial charge < -0.3 is 9.64 Å². The average molecular weight is 368 g/mol. The lowest BCUT2D eigenvalue weighted by atomic mass is 10.1. The number of nitrogens with zero attached hydrogens (tertiary/aromatic N) is 1. The van der Waals surface area contributed by atoms with E-state index in [1.54, 1.807) is 24.3 Å². The van der Waals surface area contributed by atoms with Gasteiger partial charge in [-0.2, -0.15) is 8.78 Å². The maximum Gasteiger partial charge on any atom is 0.337 e. The summed E-state index contributed by atoms with van der Waals surface area (Å²) in [4.78, 5) is 13.4. The normalized spacial score (nSPS) is 16.6. The first-order chi connectivity index (χ1) is 10.8. The van der Waals surface area contributed by atoms with E-state index in [-0.39, 0.29) is 38.4 Å². The van der Waals surface area contributed by atoms with Crippen LogP contribution in [0.5, 0.6) is 5.75 Å². The summed E-state index contributed by atoms with van der Waals surface area (Å²) in [6.45, 7) is 0.0484. The second-order valence-corrected chi connectivity index (χ2v) is 7.81. The quantitative estimate of drug-likeness (QED) is 0.801. The van der Waals surface area contributed by atoms with Gasteiger partial charge in [0.2, 0.25) is 9.84 Å². The molecule has 0 unspecified atom stereocenters. The van der Waals surface area contributed by atoms with Gasteiger partial charge in [0.1, 0.15) is 5.75 Å². The molecule has 5 nitrogen and oxygen atoms in total. The van der Waals surface area contributed by atoms with Crippen LogP contribution in [0.1, 0.15) is 12.8 Å². The Labute approximate surface area is 138 Å². The van der Waals surface area contributed by atoms with Gasteiger partial charge in [0.05, 0.1) is 5.25 Å². The molecule has 0 atom stereocenters. The lowest BCUT2D eigenvalue weighted by Crippen LogP contribution is -2.45. The number of hydrogen-bond acceptors (Lipinski definition) is 4. The molecule has 1 aliphatic rings. The van der Waals surface area contributed by atoms with E-state index in [1.807, 2.05) is 0 Å². The third kappa shape index (κ3) is 4.54.